The Hall–Kier alpha value is -3.16. The van der Waals surface area contributed by atoms with Gasteiger partial charge in [0.1, 0.15) is 11.7 Å². The van der Waals surface area contributed by atoms with Crippen LogP contribution in [0.3, 0.4) is 0 Å². The standard InChI is InChI=1S/C23H33F3N6O5/c1-13(30-21(35)37-22(2,3)4)12-36-17-6-8-32(19(17)34)16-5-7-31(11-15(16)18(27)33)20-28-9-14(10-29-20)23(24,25)26/h9-10,13,15-17H,5-8,11-12H2,1-4H3,(H2,27,33)(H,30,35)/t13-,15?,16?,17+/m0/s1. The lowest BCUT2D eigenvalue weighted by molar-refractivity contribution is -0.142. The second-order valence-electron chi connectivity index (χ2n) is 10.3. The van der Waals surface area contributed by atoms with Gasteiger partial charge in [-0.3, -0.25) is 9.59 Å². The van der Waals surface area contributed by atoms with Crippen LogP contribution in [0.25, 0.3) is 0 Å². The largest absolute Gasteiger partial charge is 0.444 e. The highest BCUT2D eigenvalue weighted by Gasteiger charge is 2.44. The van der Waals surface area contributed by atoms with Gasteiger partial charge in [0.2, 0.25) is 11.9 Å². The van der Waals surface area contributed by atoms with Crippen molar-refractivity contribution in [2.24, 2.45) is 11.7 Å². The number of nitrogens with zero attached hydrogens (tertiary/aromatic N) is 4. The van der Waals surface area contributed by atoms with Crippen LogP contribution in [-0.4, -0.2) is 82.8 Å². The normalized spacial score (nSPS) is 23.6. The van der Waals surface area contributed by atoms with Crippen molar-refractivity contribution in [1.82, 2.24) is 20.2 Å². The first-order chi connectivity index (χ1) is 17.2. The molecule has 4 atom stereocenters. The molecule has 2 saturated heterocycles. The third-order valence-electron chi connectivity index (χ3n) is 6.09. The molecule has 2 unspecified atom stereocenters. The predicted molar refractivity (Wildman–Crippen MR) is 125 cm³/mol. The van der Waals surface area contributed by atoms with Crippen molar-refractivity contribution in [3.05, 3.63) is 18.0 Å². The SMILES string of the molecule is C[C@@H](CO[C@@H]1CCN(C2CCN(c3ncc(C(F)(F)F)cn3)CC2C(N)=O)C1=O)NC(=O)OC(C)(C)C. The average molecular weight is 531 g/mol. The molecular formula is C23H33F3N6O5. The molecule has 0 aromatic carbocycles. The minimum atomic E-state index is -4.56. The summed E-state index contributed by atoms with van der Waals surface area (Å²) in [4.78, 5) is 48.0. The molecule has 2 aliphatic rings. The Morgan fingerprint density at radius 3 is 2.41 bits per heavy atom. The molecule has 206 valence electrons. The molecule has 2 aliphatic heterocycles. The average Bonchev–Trinajstić information content (AvgIpc) is 3.15. The molecule has 1 aromatic heterocycles. The van der Waals surface area contributed by atoms with Gasteiger partial charge in [0.05, 0.1) is 24.1 Å². The molecule has 2 fully saturated rings. The Morgan fingerprint density at radius 2 is 1.84 bits per heavy atom. The van der Waals surface area contributed by atoms with Gasteiger partial charge in [-0.2, -0.15) is 13.2 Å². The highest BCUT2D eigenvalue weighted by atomic mass is 19.4. The Bertz CT molecular complexity index is 985. The van der Waals surface area contributed by atoms with Crippen molar-refractivity contribution in [2.75, 3.05) is 31.1 Å². The third-order valence-corrected chi connectivity index (χ3v) is 6.09. The molecule has 3 heterocycles. The van der Waals surface area contributed by atoms with E-state index in [4.69, 9.17) is 15.2 Å². The minimum absolute atomic E-state index is 0.0538. The van der Waals surface area contributed by atoms with Crippen LogP contribution in [0.15, 0.2) is 12.4 Å². The summed E-state index contributed by atoms with van der Waals surface area (Å²) in [6, 6.07) is -0.886. The number of anilines is 1. The second-order valence-corrected chi connectivity index (χ2v) is 10.3. The quantitative estimate of drug-likeness (QED) is 0.543. The van der Waals surface area contributed by atoms with Crippen molar-refractivity contribution in [2.45, 2.75) is 70.5 Å². The molecule has 14 heteroatoms. The number of alkyl halides is 3. The summed E-state index contributed by atoms with van der Waals surface area (Å²) in [5.74, 6) is -1.62. The maximum atomic E-state index is 13.1. The first-order valence-corrected chi connectivity index (χ1v) is 12.0. The Morgan fingerprint density at radius 1 is 1.19 bits per heavy atom. The molecule has 3 amide bonds. The van der Waals surface area contributed by atoms with Gasteiger partial charge < -0.3 is 30.3 Å². The fraction of sp³-hybridized carbons (Fsp3) is 0.696. The minimum Gasteiger partial charge on any atom is -0.444 e. The summed E-state index contributed by atoms with van der Waals surface area (Å²) in [5, 5.41) is 2.65. The van der Waals surface area contributed by atoms with E-state index in [-0.39, 0.29) is 25.0 Å². The number of hydrogen-bond acceptors (Lipinski definition) is 8. The van der Waals surface area contributed by atoms with Gasteiger partial charge in [-0.25, -0.2) is 14.8 Å². The second kappa shape index (κ2) is 11.1. The number of rotatable bonds is 7. The first kappa shape index (κ1) is 28.4. The van der Waals surface area contributed by atoms with Crippen molar-refractivity contribution in [3.8, 4) is 0 Å². The van der Waals surface area contributed by atoms with Gasteiger partial charge in [-0.05, 0) is 34.1 Å². The number of amides is 3. The smallest absolute Gasteiger partial charge is 0.419 e. The summed E-state index contributed by atoms with van der Waals surface area (Å²) in [7, 11) is 0. The number of ether oxygens (including phenoxy) is 2. The summed E-state index contributed by atoms with van der Waals surface area (Å²) >= 11 is 0. The molecule has 3 N–H and O–H groups in total. The summed E-state index contributed by atoms with van der Waals surface area (Å²) < 4.78 is 49.4. The molecule has 0 radical (unpaired) electrons. The number of aromatic nitrogens is 2. The maximum absolute atomic E-state index is 13.1. The number of alkyl carbamates (subject to hydrolysis) is 1. The zero-order valence-electron chi connectivity index (χ0n) is 21.2. The third kappa shape index (κ3) is 7.43. The predicted octanol–water partition coefficient (Wildman–Crippen LogP) is 1.71. The van der Waals surface area contributed by atoms with E-state index in [9.17, 15) is 27.6 Å². The van der Waals surface area contributed by atoms with E-state index in [0.717, 1.165) is 0 Å². The number of nitrogens with one attached hydrogen (secondary N) is 1. The number of likely N-dealkylation sites (tertiary alicyclic amines) is 1. The summed E-state index contributed by atoms with van der Waals surface area (Å²) in [6.07, 6.45) is -3.72. The number of halogens is 3. The number of carbonyl (C=O) groups excluding carboxylic acids is 3. The Labute approximate surface area is 212 Å². The van der Waals surface area contributed by atoms with E-state index in [1.165, 1.54) is 0 Å². The highest BCUT2D eigenvalue weighted by molar-refractivity contribution is 5.85. The number of piperidine rings is 1. The number of nitrogens with two attached hydrogens (primary N) is 1. The lowest BCUT2D eigenvalue weighted by atomic mass is 9.90. The molecule has 0 saturated carbocycles. The van der Waals surface area contributed by atoms with Crippen molar-refractivity contribution >= 4 is 23.9 Å². The Balaban J connectivity index is 1.57. The molecule has 0 bridgehead atoms. The highest BCUT2D eigenvalue weighted by Crippen LogP contribution is 2.31. The van der Waals surface area contributed by atoms with E-state index in [0.29, 0.717) is 38.3 Å². The van der Waals surface area contributed by atoms with Gasteiger partial charge in [-0.15, -0.1) is 0 Å². The van der Waals surface area contributed by atoms with Crippen LogP contribution in [0.4, 0.5) is 23.9 Å². The number of primary amides is 1. The zero-order chi connectivity index (χ0) is 27.5. The van der Waals surface area contributed by atoms with Gasteiger partial charge in [-0.1, -0.05) is 0 Å². The molecule has 37 heavy (non-hydrogen) atoms. The van der Waals surface area contributed by atoms with E-state index in [2.05, 4.69) is 15.3 Å². The van der Waals surface area contributed by atoms with Gasteiger partial charge in [0, 0.05) is 44.5 Å². The topological polar surface area (TPSA) is 140 Å². The van der Waals surface area contributed by atoms with E-state index >= 15 is 0 Å². The van der Waals surface area contributed by atoms with Crippen LogP contribution in [0.2, 0.25) is 0 Å². The van der Waals surface area contributed by atoms with Crippen LogP contribution in [-0.2, 0) is 25.2 Å². The summed E-state index contributed by atoms with van der Waals surface area (Å²) in [5.41, 5.74) is 4.03. The zero-order valence-corrected chi connectivity index (χ0v) is 21.2. The van der Waals surface area contributed by atoms with E-state index in [1.54, 1.807) is 37.5 Å². The lowest BCUT2D eigenvalue weighted by Gasteiger charge is -2.41. The molecule has 0 spiro atoms. The van der Waals surface area contributed by atoms with Crippen LogP contribution < -0.4 is 16.0 Å². The molecule has 1 aromatic rings. The number of hydrogen-bond donors (Lipinski definition) is 2. The fourth-order valence-corrected chi connectivity index (χ4v) is 4.37. The Kier molecular flexibility index (Phi) is 8.50. The maximum Gasteiger partial charge on any atom is 0.419 e. The lowest BCUT2D eigenvalue weighted by Crippen LogP contribution is -2.56. The van der Waals surface area contributed by atoms with Crippen LogP contribution >= 0.6 is 0 Å². The van der Waals surface area contributed by atoms with Crippen LogP contribution in [0, 0.1) is 5.92 Å². The van der Waals surface area contributed by atoms with Gasteiger partial charge in [0.25, 0.3) is 5.91 Å². The van der Waals surface area contributed by atoms with Crippen molar-refractivity contribution in [1.29, 1.82) is 0 Å². The van der Waals surface area contributed by atoms with Crippen LogP contribution in [0.5, 0.6) is 0 Å². The van der Waals surface area contributed by atoms with E-state index in [1.807, 2.05) is 0 Å². The molecule has 11 nitrogen and oxygen atoms in total. The first-order valence-electron chi connectivity index (χ1n) is 12.0. The fourth-order valence-electron chi connectivity index (χ4n) is 4.37. The van der Waals surface area contributed by atoms with Crippen molar-refractivity contribution in [3.63, 3.8) is 0 Å². The molecule has 0 aliphatic carbocycles. The van der Waals surface area contributed by atoms with Crippen LogP contribution in [0.1, 0.15) is 46.1 Å². The molecular weight excluding hydrogens is 497 g/mol. The summed E-state index contributed by atoms with van der Waals surface area (Å²) in [6.45, 7) is 7.82. The number of carbonyl (C=O) groups is 3. The van der Waals surface area contributed by atoms with Crippen molar-refractivity contribution < 1.29 is 37.0 Å². The monoisotopic (exact) mass is 530 g/mol. The van der Waals surface area contributed by atoms with E-state index < -0.39 is 53.4 Å². The van der Waals surface area contributed by atoms with Gasteiger partial charge in [0.15, 0.2) is 0 Å². The van der Waals surface area contributed by atoms with Gasteiger partial charge >= 0.3 is 12.3 Å². The molecule has 3 rings (SSSR count).